The van der Waals surface area contributed by atoms with Gasteiger partial charge in [-0.05, 0) is 48.0 Å². The van der Waals surface area contributed by atoms with E-state index < -0.39 is 12.6 Å². The number of methoxy groups -OCH3 is 1. The van der Waals surface area contributed by atoms with Crippen LogP contribution in [0.2, 0.25) is 0 Å². The Balaban J connectivity index is 0.00000288. The Bertz CT molecular complexity index is 705. The van der Waals surface area contributed by atoms with Crippen molar-refractivity contribution in [1.82, 2.24) is 0 Å². The minimum absolute atomic E-state index is 0. The molecule has 2 aromatic rings. The van der Waals surface area contributed by atoms with Crippen LogP contribution in [0, 0.1) is 0 Å². The van der Waals surface area contributed by atoms with Crippen LogP contribution in [0.3, 0.4) is 0 Å². The molecular formula is C18H16NaO5. The van der Waals surface area contributed by atoms with Gasteiger partial charge in [0.15, 0.2) is 12.4 Å². The van der Waals surface area contributed by atoms with Gasteiger partial charge in [0, 0.05) is 35.1 Å². The van der Waals surface area contributed by atoms with Crippen LogP contribution in [0.5, 0.6) is 11.5 Å². The fourth-order valence-corrected chi connectivity index (χ4v) is 1.84. The second kappa shape index (κ2) is 9.93. The molecule has 0 heterocycles. The third-order valence-corrected chi connectivity index (χ3v) is 3.04. The average Bonchev–Trinajstić information content (AvgIpc) is 2.58. The smallest absolute Gasteiger partial charge is 0.341 e. The molecule has 5 nitrogen and oxygen atoms in total. The Labute approximate surface area is 162 Å². The number of ketones is 1. The van der Waals surface area contributed by atoms with Gasteiger partial charge in [0.1, 0.15) is 11.5 Å². The predicted octanol–water partition coefficient (Wildman–Crippen LogP) is 2.67. The third kappa shape index (κ3) is 6.20. The van der Waals surface area contributed by atoms with Crippen LogP contribution in [0.15, 0.2) is 54.6 Å². The zero-order valence-electron chi connectivity index (χ0n) is 13.6. The van der Waals surface area contributed by atoms with Gasteiger partial charge < -0.3 is 14.6 Å². The zero-order chi connectivity index (χ0) is 16.7. The summed E-state index contributed by atoms with van der Waals surface area (Å²) in [6.45, 7) is -0.412. The van der Waals surface area contributed by atoms with E-state index in [1.54, 1.807) is 37.5 Å². The van der Waals surface area contributed by atoms with Crippen LogP contribution in [0.4, 0.5) is 0 Å². The molecule has 0 spiro atoms. The summed E-state index contributed by atoms with van der Waals surface area (Å²) in [5, 5.41) is 8.53. The molecule has 1 N–H and O–H groups in total. The molecule has 0 atom stereocenters. The van der Waals surface area contributed by atoms with Crippen molar-refractivity contribution in [2.24, 2.45) is 0 Å². The molecule has 0 saturated carbocycles. The number of carbonyl (C=O) groups excluding carboxylic acids is 1. The number of hydrogen-bond donors (Lipinski definition) is 1. The van der Waals surface area contributed by atoms with Gasteiger partial charge in [-0.25, -0.2) is 4.79 Å². The molecule has 2 aromatic carbocycles. The molecule has 1 radical (unpaired) electrons. The molecule has 0 saturated heterocycles. The summed E-state index contributed by atoms with van der Waals surface area (Å²) in [7, 11) is 1.60. The largest absolute Gasteiger partial charge is 0.497 e. The quantitative estimate of drug-likeness (QED) is 0.478. The van der Waals surface area contributed by atoms with Crippen LogP contribution >= 0.6 is 0 Å². The number of rotatable bonds is 7. The van der Waals surface area contributed by atoms with E-state index in [0.717, 1.165) is 11.3 Å². The van der Waals surface area contributed by atoms with Crippen molar-refractivity contribution in [3.8, 4) is 11.5 Å². The minimum Gasteiger partial charge on any atom is -0.497 e. The van der Waals surface area contributed by atoms with Crippen LogP contribution in [-0.2, 0) is 4.79 Å². The number of benzene rings is 2. The molecule has 2 rings (SSSR count). The van der Waals surface area contributed by atoms with E-state index in [1.807, 2.05) is 24.3 Å². The van der Waals surface area contributed by atoms with Crippen molar-refractivity contribution >= 4 is 47.4 Å². The Hall–Kier alpha value is -2.08. The molecule has 0 aliphatic heterocycles. The number of carboxylic acid groups (broad SMARTS) is 1. The SMILES string of the molecule is COc1ccc(C=CC(=O)c2ccc(OCC(=O)O)cc2)cc1.[Na]. The third-order valence-electron chi connectivity index (χ3n) is 3.04. The summed E-state index contributed by atoms with van der Waals surface area (Å²) >= 11 is 0. The van der Waals surface area contributed by atoms with Gasteiger partial charge in [-0.3, -0.25) is 4.79 Å². The first-order valence-corrected chi connectivity index (χ1v) is 6.89. The summed E-state index contributed by atoms with van der Waals surface area (Å²) in [6.07, 6.45) is 3.20. The van der Waals surface area contributed by atoms with Crippen LogP contribution in [-0.4, -0.2) is 60.1 Å². The Morgan fingerprint density at radius 2 is 1.58 bits per heavy atom. The molecule has 24 heavy (non-hydrogen) atoms. The number of carbonyl (C=O) groups is 2. The molecule has 0 bridgehead atoms. The Morgan fingerprint density at radius 3 is 2.12 bits per heavy atom. The first kappa shape index (κ1) is 20.0. The fourth-order valence-electron chi connectivity index (χ4n) is 1.84. The van der Waals surface area contributed by atoms with Gasteiger partial charge in [0.25, 0.3) is 0 Å². The molecular weight excluding hydrogens is 319 g/mol. The Morgan fingerprint density at radius 1 is 1.00 bits per heavy atom. The van der Waals surface area contributed by atoms with Gasteiger partial charge in [-0.2, -0.15) is 0 Å². The van der Waals surface area contributed by atoms with Crippen LogP contribution < -0.4 is 9.47 Å². The van der Waals surface area contributed by atoms with E-state index in [2.05, 4.69) is 0 Å². The topological polar surface area (TPSA) is 72.8 Å². The van der Waals surface area contributed by atoms with E-state index in [0.29, 0.717) is 11.3 Å². The van der Waals surface area contributed by atoms with Crippen molar-refractivity contribution in [2.45, 2.75) is 0 Å². The first-order chi connectivity index (χ1) is 11.1. The van der Waals surface area contributed by atoms with Crippen molar-refractivity contribution in [3.63, 3.8) is 0 Å². The Kier molecular flexibility index (Phi) is 8.26. The first-order valence-electron chi connectivity index (χ1n) is 6.89. The normalized spacial score (nSPS) is 10.0. The van der Waals surface area contributed by atoms with E-state index in [1.165, 1.54) is 6.08 Å². The molecule has 0 fully saturated rings. The molecule has 0 aromatic heterocycles. The minimum atomic E-state index is -1.05. The van der Waals surface area contributed by atoms with E-state index in [-0.39, 0.29) is 35.3 Å². The molecule has 0 aliphatic carbocycles. The number of carboxylic acids is 1. The molecule has 119 valence electrons. The van der Waals surface area contributed by atoms with Gasteiger partial charge in [0.2, 0.25) is 0 Å². The maximum absolute atomic E-state index is 12.1. The van der Waals surface area contributed by atoms with Crippen molar-refractivity contribution in [3.05, 3.63) is 65.7 Å². The molecule has 0 unspecified atom stereocenters. The van der Waals surface area contributed by atoms with Crippen molar-refractivity contribution < 1.29 is 24.2 Å². The monoisotopic (exact) mass is 335 g/mol. The standard InChI is InChI=1S/C18H16O5.Na/c1-22-15-7-2-13(3-8-15)4-11-17(19)14-5-9-16(10-6-14)23-12-18(20)21;/h2-11H,12H2,1H3,(H,20,21);. The average molecular weight is 335 g/mol. The molecule has 6 heteroatoms. The number of aliphatic carboxylic acids is 1. The van der Waals surface area contributed by atoms with Crippen molar-refractivity contribution in [2.75, 3.05) is 13.7 Å². The summed E-state index contributed by atoms with van der Waals surface area (Å²) in [5.74, 6) is -0.0355. The van der Waals surface area contributed by atoms with Gasteiger partial charge in [0.05, 0.1) is 7.11 Å². The van der Waals surface area contributed by atoms with E-state index in [9.17, 15) is 9.59 Å². The van der Waals surface area contributed by atoms with E-state index in [4.69, 9.17) is 14.6 Å². The van der Waals surface area contributed by atoms with Gasteiger partial charge >= 0.3 is 5.97 Å². The maximum Gasteiger partial charge on any atom is 0.341 e. The predicted molar refractivity (Wildman–Crippen MR) is 91.7 cm³/mol. The summed E-state index contributed by atoms with van der Waals surface area (Å²) in [6, 6.07) is 13.7. The fraction of sp³-hybridized carbons (Fsp3) is 0.111. The second-order valence-electron chi connectivity index (χ2n) is 4.68. The molecule has 0 amide bonds. The number of hydrogen-bond acceptors (Lipinski definition) is 4. The zero-order valence-corrected chi connectivity index (χ0v) is 15.6. The van der Waals surface area contributed by atoms with E-state index >= 15 is 0 Å². The maximum atomic E-state index is 12.1. The van der Waals surface area contributed by atoms with Crippen LogP contribution in [0.25, 0.3) is 6.08 Å². The van der Waals surface area contributed by atoms with Gasteiger partial charge in [-0.15, -0.1) is 0 Å². The van der Waals surface area contributed by atoms with Crippen molar-refractivity contribution in [1.29, 1.82) is 0 Å². The second-order valence-corrected chi connectivity index (χ2v) is 4.68. The van der Waals surface area contributed by atoms with Gasteiger partial charge in [-0.1, -0.05) is 18.2 Å². The number of ether oxygens (including phenoxy) is 2. The van der Waals surface area contributed by atoms with Crippen LogP contribution in [0.1, 0.15) is 15.9 Å². The number of allylic oxidation sites excluding steroid dienone is 1. The summed E-state index contributed by atoms with van der Waals surface area (Å²) < 4.78 is 10.1. The molecule has 0 aliphatic rings. The summed E-state index contributed by atoms with van der Waals surface area (Å²) in [5.41, 5.74) is 1.39. The summed E-state index contributed by atoms with van der Waals surface area (Å²) in [4.78, 5) is 22.5.